The zero-order chi connectivity index (χ0) is 29.2. The second-order valence-electron chi connectivity index (χ2n) is 8.47. The first-order chi connectivity index (χ1) is 19.1. The van der Waals surface area contributed by atoms with Crippen LogP contribution in [0.3, 0.4) is 0 Å². The van der Waals surface area contributed by atoms with E-state index in [1.54, 1.807) is 75.4 Å². The number of ether oxygens (including phenoxy) is 3. The second kappa shape index (κ2) is 13.5. The van der Waals surface area contributed by atoms with Crippen molar-refractivity contribution in [1.82, 2.24) is 0 Å². The first kappa shape index (κ1) is 29.3. The smallest absolute Gasteiger partial charge is 0.343 e. The van der Waals surface area contributed by atoms with Crippen LogP contribution >= 0.6 is 0 Å². The van der Waals surface area contributed by atoms with E-state index in [0.717, 1.165) is 0 Å². The number of esters is 3. The van der Waals surface area contributed by atoms with Crippen molar-refractivity contribution in [2.24, 2.45) is 5.73 Å². The summed E-state index contributed by atoms with van der Waals surface area (Å²) in [4.78, 5) is 49.9. The maximum Gasteiger partial charge on any atom is 0.343 e. The van der Waals surface area contributed by atoms with Crippen LogP contribution in [0.5, 0.6) is 5.75 Å². The van der Waals surface area contributed by atoms with E-state index >= 15 is 0 Å². The number of nitrogens with two attached hydrogens (primary N) is 1. The van der Waals surface area contributed by atoms with E-state index in [0.29, 0.717) is 28.0 Å². The van der Waals surface area contributed by atoms with E-state index in [1.165, 1.54) is 18.2 Å². The van der Waals surface area contributed by atoms with Crippen molar-refractivity contribution in [2.75, 3.05) is 18.5 Å². The van der Waals surface area contributed by atoms with Gasteiger partial charge < -0.3 is 25.3 Å². The molecule has 40 heavy (non-hydrogen) atoms. The topological polar surface area (TPSA) is 158 Å². The van der Waals surface area contributed by atoms with Crippen LogP contribution in [0.15, 0.2) is 72.3 Å². The van der Waals surface area contributed by atoms with Gasteiger partial charge in [0.15, 0.2) is 0 Å². The van der Waals surface area contributed by atoms with E-state index in [9.17, 15) is 19.2 Å². The molecular weight excluding hydrogens is 514 g/mol. The molecule has 4 N–H and O–H groups in total. The molecule has 10 heteroatoms. The van der Waals surface area contributed by atoms with Crippen LogP contribution in [0.1, 0.15) is 63.0 Å². The molecule has 0 fully saturated rings. The molecule has 0 spiro atoms. The molecule has 0 radical (unpaired) electrons. The van der Waals surface area contributed by atoms with Crippen LogP contribution in [0.25, 0.3) is 6.08 Å². The molecule has 0 atom stereocenters. The molecule has 0 heterocycles. The van der Waals surface area contributed by atoms with Crippen molar-refractivity contribution in [1.29, 1.82) is 5.41 Å². The highest BCUT2D eigenvalue weighted by atomic mass is 16.5. The van der Waals surface area contributed by atoms with Gasteiger partial charge in [0.05, 0.1) is 29.9 Å². The molecule has 206 valence electrons. The Morgan fingerprint density at radius 2 is 1.30 bits per heavy atom. The van der Waals surface area contributed by atoms with Gasteiger partial charge in [-0.05, 0) is 87.0 Å². The van der Waals surface area contributed by atoms with E-state index < -0.39 is 23.8 Å². The van der Waals surface area contributed by atoms with Crippen LogP contribution in [0.4, 0.5) is 5.69 Å². The van der Waals surface area contributed by atoms with Gasteiger partial charge in [0, 0.05) is 16.8 Å². The van der Waals surface area contributed by atoms with Gasteiger partial charge in [-0.1, -0.05) is 12.1 Å². The number of carbonyl (C=O) groups excluding carboxylic acids is 4. The average Bonchev–Trinajstić information content (AvgIpc) is 2.93. The van der Waals surface area contributed by atoms with Crippen LogP contribution in [0.2, 0.25) is 0 Å². The van der Waals surface area contributed by atoms with Gasteiger partial charge >= 0.3 is 17.9 Å². The molecule has 0 aliphatic rings. The Morgan fingerprint density at radius 3 is 1.80 bits per heavy atom. The molecule has 0 aromatic heterocycles. The predicted octanol–water partition coefficient (Wildman–Crippen LogP) is 4.59. The molecular formula is C30H29N3O7. The molecule has 0 saturated heterocycles. The Kier molecular flexibility index (Phi) is 9.90. The third kappa shape index (κ3) is 7.87. The summed E-state index contributed by atoms with van der Waals surface area (Å²) in [6, 6.07) is 16.9. The Morgan fingerprint density at radius 1 is 0.775 bits per heavy atom. The quantitative estimate of drug-likeness (QED) is 0.110. The monoisotopic (exact) mass is 543 g/mol. The normalized spacial score (nSPS) is 10.8. The number of nitrogen functional groups attached to an aromatic ring is 1. The minimum Gasteiger partial charge on any atom is -0.462 e. The third-order valence-electron chi connectivity index (χ3n) is 5.48. The van der Waals surface area contributed by atoms with Crippen molar-refractivity contribution in [2.45, 2.75) is 20.8 Å². The SMILES string of the molecule is CCOC(=O)c1cc(NC(=O)/C(C)=C/c2ccc(C(=O)Oc3ccc(C(=N)N)cc3)cc2)cc(C(=O)OCC)c1. The Bertz CT molecular complexity index is 1420. The number of carbonyl (C=O) groups is 4. The minimum atomic E-state index is -0.636. The van der Waals surface area contributed by atoms with Crippen LogP contribution in [0, 0.1) is 5.41 Å². The molecule has 3 aromatic rings. The molecule has 0 unspecified atom stereocenters. The lowest BCUT2D eigenvalue weighted by Crippen LogP contribution is -2.15. The van der Waals surface area contributed by atoms with E-state index in [-0.39, 0.29) is 35.9 Å². The highest BCUT2D eigenvalue weighted by molar-refractivity contribution is 6.07. The third-order valence-corrected chi connectivity index (χ3v) is 5.48. The number of hydrogen-bond donors (Lipinski definition) is 3. The first-order valence-corrected chi connectivity index (χ1v) is 12.4. The Balaban J connectivity index is 1.71. The maximum absolute atomic E-state index is 12.9. The number of nitrogens with one attached hydrogen (secondary N) is 2. The van der Waals surface area contributed by atoms with E-state index in [2.05, 4.69) is 5.32 Å². The minimum absolute atomic E-state index is 0.0860. The van der Waals surface area contributed by atoms with E-state index in [4.69, 9.17) is 25.4 Å². The van der Waals surface area contributed by atoms with Crippen molar-refractivity contribution in [3.63, 3.8) is 0 Å². The van der Waals surface area contributed by atoms with Crippen molar-refractivity contribution in [3.8, 4) is 5.75 Å². The zero-order valence-electron chi connectivity index (χ0n) is 22.3. The lowest BCUT2D eigenvalue weighted by atomic mass is 10.1. The summed E-state index contributed by atoms with van der Waals surface area (Å²) in [6.07, 6.45) is 1.62. The fourth-order valence-electron chi connectivity index (χ4n) is 3.49. The molecule has 10 nitrogen and oxygen atoms in total. The molecule has 1 amide bonds. The van der Waals surface area contributed by atoms with Gasteiger partial charge in [0.1, 0.15) is 11.6 Å². The summed E-state index contributed by atoms with van der Waals surface area (Å²) in [6.45, 7) is 5.22. The molecule has 3 rings (SSSR count). The fourth-order valence-corrected chi connectivity index (χ4v) is 3.49. The summed E-state index contributed by atoms with van der Waals surface area (Å²) >= 11 is 0. The van der Waals surface area contributed by atoms with Gasteiger partial charge in [0.2, 0.25) is 0 Å². The average molecular weight is 544 g/mol. The maximum atomic E-state index is 12.9. The molecule has 0 bridgehead atoms. The number of amidine groups is 1. The van der Waals surface area contributed by atoms with Crippen molar-refractivity contribution >= 4 is 41.4 Å². The van der Waals surface area contributed by atoms with Gasteiger partial charge in [-0.25, -0.2) is 14.4 Å². The second-order valence-corrected chi connectivity index (χ2v) is 8.47. The summed E-state index contributed by atoms with van der Waals surface area (Å²) in [5.41, 5.74) is 7.65. The van der Waals surface area contributed by atoms with Gasteiger partial charge in [-0.2, -0.15) is 0 Å². The first-order valence-electron chi connectivity index (χ1n) is 12.4. The molecule has 0 aliphatic carbocycles. The predicted molar refractivity (Wildman–Crippen MR) is 149 cm³/mol. The lowest BCUT2D eigenvalue weighted by molar-refractivity contribution is -0.112. The van der Waals surface area contributed by atoms with Gasteiger partial charge in [0.25, 0.3) is 5.91 Å². The van der Waals surface area contributed by atoms with Crippen molar-refractivity contribution in [3.05, 3.63) is 100 Å². The molecule has 0 saturated carbocycles. The van der Waals surface area contributed by atoms with Crippen LogP contribution in [-0.4, -0.2) is 42.9 Å². The van der Waals surface area contributed by atoms with Crippen molar-refractivity contribution < 1.29 is 33.4 Å². The molecule has 3 aromatic carbocycles. The summed E-state index contributed by atoms with van der Waals surface area (Å²) < 4.78 is 15.4. The summed E-state index contributed by atoms with van der Waals surface area (Å²) in [7, 11) is 0. The zero-order valence-corrected chi connectivity index (χ0v) is 22.3. The summed E-state index contributed by atoms with van der Waals surface area (Å²) in [5.74, 6) is -2.08. The van der Waals surface area contributed by atoms with E-state index in [1.807, 2.05) is 0 Å². The molecule has 0 aliphatic heterocycles. The largest absolute Gasteiger partial charge is 0.462 e. The highest BCUT2D eigenvalue weighted by Gasteiger charge is 2.16. The van der Waals surface area contributed by atoms with Gasteiger partial charge in [-0.3, -0.25) is 10.2 Å². The highest BCUT2D eigenvalue weighted by Crippen LogP contribution is 2.19. The number of anilines is 1. The standard InChI is InChI=1S/C30H29N3O7/c1-4-38-28(35)22-15-23(29(36)39-5-2)17-24(16-22)33-27(34)18(3)14-19-6-8-21(9-7-19)30(37)40-25-12-10-20(11-13-25)26(31)32/h6-17H,4-5H2,1-3H3,(H3,31,32)(H,33,34)/b18-14+. The van der Waals surface area contributed by atoms with Crippen LogP contribution in [-0.2, 0) is 14.3 Å². The lowest BCUT2D eigenvalue weighted by Gasteiger charge is -2.11. The number of rotatable bonds is 10. The number of hydrogen-bond acceptors (Lipinski definition) is 8. The fraction of sp³-hybridized carbons (Fsp3) is 0.167. The van der Waals surface area contributed by atoms with Gasteiger partial charge in [-0.15, -0.1) is 0 Å². The van der Waals surface area contributed by atoms with Crippen LogP contribution < -0.4 is 15.8 Å². The Hall–Kier alpha value is -5.25. The number of amides is 1. The Labute approximate surface area is 231 Å². The number of benzene rings is 3. The summed E-state index contributed by atoms with van der Waals surface area (Å²) in [5, 5.41) is 10.1.